The topological polar surface area (TPSA) is 78.8 Å². The van der Waals surface area contributed by atoms with E-state index >= 15 is 0 Å². The highest BCUT2D eigenvalue weighted by Crippen LogP contribution is 2.33. The standard InChI is InChI=1S/C15H22N4O3/c1-15(2,3)22-14(21)19-5-4-10-8-18(9-12(10)19)13-16-6-11(20)7-17-13/h6-7,10,12,20H,4-5,8-9H2,1-3H3. The maximum Gasteiger partial charge on any atom is 0.410 e. The molecule has 0 radical (unpaired) electrons. The van der Waals surface area contributed by atoms with Crippen molar-refractivity contribution in [2.45, 2.75) is 38.8 Å². The molecule has 3 rings (SSSR count). The van der Waals surface area contributed by atoms with Gasteiger partial charge in [-0.15, -0.1) is 0 Å². The van der Waals surface area contributed by atoms with Gasteiger partial charge in [-0.2, -0.15) is 0 Å². The molecule has 1 N–H and O–H groups in total. The number of carbonyl (C=O) groups excluding carboxylic acids is 1. The van der Waals surface area contributed by atoms with Crippen LogP contribution in [0.15, 0.2) is 12.4 Å². The smallest absolute Gasteiger partial charge is 0.410 e. The second kappa shape index (κ2) is 5.30. The van der Waals surface area contributed by atoms with E-state index in [1.54, 1.807) is 0 Å². The Labute approximate surface area is 129 Å². The molecule has 0 aliphatic carbocycles. The van der Waals surface area contributed by atoms with Gasteiger partial charge in [-0.3, -0.25) is 0 Å². The minimum absolute atomic E-state index is 0.0542. The number of nitrogens with zero attached hydrogens (tertiary/aromatic N) is 4. The lowest BCUT2D eigenvalue weighted by molar-refractivity contribution is 0.0229. The van der Waals surface area contributed by atoms with E-state index in [1.165, 1.54) is 12.4 Å². The van der Waals surface area contributed by atoms with E-state index in [1.807, 2.05) is 25.7 Å². The van der Waals surface area contributed by atoms with Gasteiger partial charge in [-0.25, -0.2) is 14.8 Å². The van der Waals surface area contributed by atoms with Crippen LogP contribution in [0.25, 0.3) is 0 Å². The van der Waals surface area contributed by atoms with E-state index in [0.717, 1.165) is 19.5 Å². The fourth-order valence-electron chi connectivity index (χ4n) is 3.15. The maximum absolute atomic E-state index is 12.3. The summed E-state index contributed by atoms with van der Waals surface area (Å²) in [6, 6.07) is 0.146. The van der Waals surface area contributed by atoms with Crippen molar-refractivity contribution in [3.05, 3.63) is 12.4 Å². The molecule has 2 aliphatic rings. The molecule has 1 aromatic heterocycles. The van der Waals surface area contributed by atoms with Gasteiger partial charge in [0.2, 0.25) is 5.95 Å². The first-order chi connectivity index (χ1) is 10.3. The summed E-state index contributed by atoms with van der Waals surface area (Å²) in [6.07, 6.45) is 3.51. The second-order valence-corrected chi connectivity index (χ2v) is 6.94. The number of likely N-dealkylation sites (tertiary alicyclic amines) is 1. The minimum atomic E-state index is -0.479. The van der Waals surface area contributed by atoms with Gasteiger partial charge >= 0.3 is 6.09 Å². The third-order valence-electron chi connectivity index (χ3n) is 4.08. The average Bonchev–Trinajstić information content (AvgIpc) is 2.96. The lowest BCUT2D eigenvalue weighted by Gasteiger charge is -2.28. The highest BCUT2D eigenvalue weighted by Gasteiger charge is 2.45. The first-order valence-electron chi connectivity index (χ1n) is 7.59. The first kappa shape index (κ1) is 14.9. The molecule has 1 amide bonds. The molecule has 0 bridgehead atoms. The molecule has 2 fully saturated rings. The van der Waals surface area contributed by atoms with Crippen LogP contribution in [0.3, 0.4) is 0 Å². The SMILES string of the molecule is CC(C)(C)OC(=O)N1CCC2CN(c3ncc(O)cn3)CC21. The highest BCUT2D eigenvalue weighted by atomic mass is 16.6. The lowest BCUT2D eigenvalue weighted by atomic mass is 10.1. The van der Waals surface area contributed by atoms with Crippen LogP contribution >= 0.6 is 0 Å². The third-order valence-corrected chi connectivity index (χ3v) is 4.08. The van der Waals surface area contributed by atoms with Crippen LogP contribution in [0.2, 0.25) is 0 Å². The van der Waals surface area contributed by atoms with Crippen LogP contribution in [-0.4, -0.2) is 57.3 Å². The normalized spacial score (nSPS) is 24.5. The van der Waals surface area contributed by atoms with E-state index < -0.39 is 5.60 Å². The van der Waals surface area contributed by atoms with Gasteiger partial charge < -0.3 is 19.6 Å². The molecule has 0 aromatic carbocycles. The van der Waals surface area contributed by atoms with Gasteiger partial charge in [0.25, 0.3) is 0 Å². The molecule has 7 heteroatoms. The van der Waals surface area contributed by atoms with E-state index in [2.05, 4.69) is 14.9 Å². The molecule has 2 aliphatic heterocycles. The van der Waals surface area contributed by atoms with Crippen LogP contribution in [-0.2, 0) is 4.74 Å². The zero-order valence-electron chi connectivity index (χ0n) is 13.2. The van der Waals surface area contributed by atoms with Crippen molar-refractivity contribution in [3.8, 4) is 5.75 Å². The number of hydrogen-bond acceptors (Lipinski definition) is 6. The molecule has 2 atom stereocenters. The Balaban J connectivity index is 1.68. The summed E-state index contributed by atoms with van der Waals surface area (Å²) in [5.41, 5.74) is -0.479. The summed E-state index contributed by atoms with van der Waals surface area (Å²) >= 11 is 0. The second-order valence-electron chi connectivity index (χ2n) is 6.94. The van der Waals surface area contributed by atoms with Crippen LogP contribution in [0, 0.1) is 5.92 Å². The van der Waals surface area contributed by atoms with E-state index in [-0.39, 0.29) is 17.9 Å². The zero-order chi connectivity index (χ0) is 15.9. The van der Waals surface area contributed by atoms with Crippen molar-refractivity contribution in [2.75, 3.05) is 24.5 Å². The molecule has 7 nitrogen and oxygen atoms in total. The fourth-order valence-corrected chi connectivity index (χ4v) is 3.15. The Morgan fingerprint density at radius 2 is 2.00 bits per heavy atom. The van der Waals surface area contributed by atoms with Crippen molar-refractivity contribution in [1.82, 2.24) is 14.9 Å². The largest absolute Gasteiger partial charge is 0.505 e. The summed E-state index contributed by atoms with van der Waals surface area (Å²) in [6.45, 7) is 7.91. The van der Waals surface area contributed by atoms with E-state index in [0.29, 0.717) is 18.4 Å². The number of anilines is 1. The van der Waals surface area contributed by atoms with Gasteiger partial charge in [-0.1, -0.05) is 0 Å². The molecular formula is C15H22N4O3. The monoisotopic (exact) mass is 306 g/mol. The Bertz CT molecular complexity index is 555. The molecule has 2 saturated heterocycles. The summed E-state index contributed by atoms with van der Waals surface area (Å²) in [5, 5.41) is 9.27. The predicted octanol–water partition coefficient (Wildman–Crippen LogP) is 1.63. The highest BCUT2D eigenvalue weighted by molar-refractivity contribution is 5.69. The third kappa shape index (κ3) is 2.93. The molecule has 3 heterocycles. The van der Waals surface area contributed by atoms with Gasteiger partial charge in [0, 0.05) is 25.6 Å². The number of amides is 1. The molecule has 1 aromatic rings. The molecular weight excluding hydrogens is 284 g/mol. The number of aromatic hydroxyl groups is 1. The Kier molecular flexibility index (Phi) is 3.58. The molecule has 22 heavy (non-hydrogen) atoms. The molecule has 2 unspecified atom stereocenters. The number of ether oxygens (including phenoxy) is 1. The molecule has 0 saturated carbocycles. The van der Waals surface area contributed by atoms with Crippen molar-refractivity contribution in [1.29, 1.82) is 0 Å². The number of hydrogen-bond donors (Lipinski definition) is 1. The first-order valence-corrected chi connectivity index (χ1v) is 7.59. The maximum atomic E-state index is 12.3. The van der Waals surface area contributed by atoms with Crippen molar-refractivity contribution < 1.29 is 14.6 Å². The molecule has 0 spiro atoms. The predicted molar refractivity (Wildman–Crippen MR) is 80.7 cm³/mol. The van der Waals surface area contributed by atoms with Crippen LogP contribution in [0.5, 0.6) is 5.75 Å². The van der Waals surface area contributed by atoms with Gasteiger partial charge in [0.05, 0.1) is 18.4 Å². The number of aromatic nitrogens is 2. The van der Waals surface area contributed by atoms with Crippen molar-refractivity contribution >= 4 is 12.0 Å². The Morgan fingerprint density at radius 3 is 2.64 bits per heavy atom. The van der Waals surface area contributed by atoms with Crippen LogP contribution < -0.4 is 4.90 Å². The van der Waals surface area contributed by atoms with E-state index in [9.17, 15) is 9.90 Å². The molecule has 120 valence electrons. The summed E-state index contributed by atoms with van der Waals surface area (Å²) in [4.78, 5) is 24.5. The summed E-state index contributed by atoms with van der Waals surface area (Å²) < 4.78 is 5.49. The Hall–Kier alpha value is -2.05. The van der Waals surface area contributed by atoms with Crippen LogP contribution in [0.1, 0.15) is 27.2 Å². The number of fused-ring (bicyclic) bond motifs is 1. The van der Waals surface area contributed by atoms with E-state index in [4.69, 9.17) is 4.74 Å². The zero-order valence-corrected chi connectivity index (χ0v) is 13.2. The van der Waals surface area contributed by atoms with Crippen LogP contribution in [0.4, 0.5) is 10.7 Å². The van der Waals surface area contributed by atoms with Gasteiger partial charge in [0.15, 0.2) is 5.75 Å². The summed E-state index contributed by atoms with van der Waals surface area (Å²) in [7, 11) is 0. The van der Waals surface area contributed by atoms with Gasteiger partial charge in [0.1, 0.15) is 5.60 Å². The number of carbonyl (C=O) groups is 1. The Morgan fingerprint density at radius 1 is 1.32 bits per heavy atom. The van der Waals surface area contributed by atoms with Crippen molar-refractivity contribution in [2.24, 2.45) is 5.92 Å². The van der Waals surface area contributed by atoms with Gasteiger partial charge in [-0.05, 0) is 27.2 Å². The number of rotatable bonds is 1. The average molecular weight is 306 g/mol. The fraction of sp³-hybridized carbons (Fsp3) is 0.667. The quantitative estimate of drug-likeness (QED) is 0.849. The van der Waals surface area contributed by atoms with Crippen molar-refractivity contribution in [3.63, 3.8) is 0 Å². The summed E-state index contributed by atoms with van der Waals surface area (Å²) in [5.74, 6) is 1.07. The lowest BCUT2D eigenvalue weighted by Crippen LogP contribution is -2.42. The minimum Gasteiger partial charge on any atom is -0.505 e.